The van der Waals surface area contributed by atoms with Crippen LogP contribution >= 0.6 is 0 Å². The number of piperidine rings is 1. The van der Waals surface area contributed by atoms with Gasteiger partial charge in [-0.25, -0.2) is 0 Å². The van der Waals surface area contributed by atoms with E-state index >= 15 is 0 Å². The SMILES string of the molecule is CN(C(=O)CN1CCCCC1CC(=O)O)C1CCCCC1. The molecule has 0 spiro atoms. The van der Waals surface area contributed by atoms with Crippen LogP contribution in [-0.4, -0.2) is 59.0 Å². The van der Waals surface area contributed by atoms with E-state index in [1.54, 1.807) is 0 Å². The van der Waals surface area contributed by atoms with Crippen LogP contribution < -0.4 is 0 Å². The number of aliphatic carboxylic acids is 1. The van der Waals surface area contributed by atoms with Crippen LogP contribution in [0.1, 0.15) is 57.8 Å². The van der Waals surface area contributed by atoms with Crippen LogP contribution in [0.25, 0.3) is 0 Å². The van der Waals surface area contributed by atoms with E-state index in [4.69, 9.17) is 5.11 Å². The van der Waals surface area contributed by atoms with Crippen molar-refractivity contribution in [2.45, 2.75) is 69.9 Å². The molecule has 1 saturated heterocycles. The first-order valence-electron chi connectivity index (χ1n) is 8.29. The monoisotopic (exact) mass is 296 g/mol. The standard InChI is InChI=1S/C16H28N2O3/c1-17(13-7-3-2-4-8-13)15(19)12-18-10-6-5-9-14(18)11-16(20)21/h13-14H,2-12H2,1H3,(H,20,21). The van der Waals surface area contributed by atoms with Crippen LogP contribution in [0.5, 0.6) is 0 Å². The maximum absolute atomic E-state index is 12.5. The molecule has 0 aromatic heterocycles. The summed E-state index contributed by atoms with van der Waals surface area (Å²) < 4.78 is 0. The molecule has 1 atom stereocenters. The second kappa shape index (κ2) is 7.78. The van der Waals surface area contributed by atoms with Crippen molar-refractivity contribution in [1.29, 1.82) is 0 Å². The topological polar surface area (TPSA) is 60.9 Å². The van der Waals surface area contributed by atoms with Gasteiger partial charge in [0.2, 0.25) is 5.91 Å². The van der Waals surface area contributed by atoms with Crippen molar-refractivity contribution in [1.82, 2.24) is 9.80 Å². The van der Waals surface area contributed by atoms with Gasteiger partial charge in [0, 0.05) is 19.1 Å². The lowest BCUT2D eigenvalue weighted by atomic mass is 9.94. The van der Waals surface area contributed by atoms with Crippen LogP contribution in [0.2, 0.25) is 0 Å². The Morgan fingerprint density at radius 2 is 1.76 bits per heavy atom. The number of carboxylic acids is 1. The molecular formula is C16H28N2O3. The van der Waals surface area contributed by atoms with E-state index < -0.39 is 5.97 Å². The highest BCUT2D eigenvalue weighted by atomic mass is 16.4. The molecule has 1 heterocycles. The minimum atomic E-state index is -0.764. The molecule has 0 radical (unpaired) electrons. The molecule has 0 aromatic carbocycles. The Bertz CT molecular complexity index is 367. The number of hydrogen-bond donors (Lipinski definition) is 1. The minimum absolute atomic E-state index is 0.0277. The maximum Gasteiger partial charge on any atom is 0.304 e. The van der Waals surface area contributed by atoms with Gasteiger partial charge in [-0.05, 0) is 32.2 Å². The molecule has 1 amide bonds. The van der Waals surface area contributed by atoms with Gasteiger partial charge in [-0.15, -0.1) is 0 Å². The molecule has 2 rings (SSSR count). The quantitative estimate of drug-likeness (QED) is 0.844. The lowest BCUT2D eigenvalue weighted by Gasteiger charge is -2.37. The summed E-state index contributed by atoms with van der Waals surface area (Å²) in [5, 5.41) is 9.01. The van der Waals surface area contributed by atoms with Crippen molar-refractivity contribution in [2.24, 2.45) is 0 Å². The lowest BCUT2D eigenvalue weighted by Crippen LogP contribution is -2.49. The van der Waals surface area contributed by atoms with Gasteiger partial charge in [0.05, 0.1) is 13.0 Å². The maximum atomic E-state index is 12.5. The predicted octanol–water partition coefficient (Wildman–Crippen LogP) is 2.11. The Labute approximate surface area is 127 Å². The summed E-state index contributed by atoms with van der Waals surface area (Å²) in [6.07, 6.45) is 9.12. The zero-order chi connectivity index (χ0) is 15.2. The molecular weight excluding hydrogens is 268 g/mol. The summed E-state index contributed by atoms with van der Waals surface area (Å²) >= 11 is 0. The summed E-state index contributed by atoms with van der Waals surface area (Å²) in [6, 6.07) is 0.411. The molecule has 5 heteroatoms. The van der Waals surface area contributed by atoms with E-state index in [0.29, 0.717) is 12.6 Å². The molecule has 1 N–H and O–H groups in total. The van der Waals surface area contributed by atoms with Gasteiger partial charge in [-0.2, -0.15) is 0 Å². The van der Waals surface area contributed by atoms with Crippen molar-refractivity contribution < 1.29 is 14.7 Å². The molecule has 1 aliphatic carbocycles. The second-order valence-electron chi connectivity index (χ2n) is 6.51. The number of carbonyl (C=O) groups excluding carboxylic acids is 1. The third-order valence-corrected chi connectivity index (χ3v) is 5.01. The first-order chi connectivity index (χ1) is 10.1. The number of carboxylic acid groups (broad SMARTS) is 1. The number of carbonyl (C=O) groups is 2. The van der Waals surface area contributed by atoms with E-state index in [0.717, 1.165) is 38.6 Å². The Morgan fingerprint density at radius 1 is 1.10 bits per heavy atom. The van der Waals surface area contributed by atoms with E-state index in [-0.39, 0.29) is 18.4 Å². The smallest absolute Gasteiger partial charge is 0.304 e. The van der Waals surface area contributed by atoms with Gasteiger partial charge in [0.15, 0.2) is 0 Å². The largest absolute Gasteiger partial charge is 0.481 e. The van der Waals surface area contributed by atoms with Crippen molar-refractivity contribution in [3.8, 4) is 0 Å². The van der Waals surface area contributed by atoms with Crippen LogP contribution in [0, 0.1) is 0 Å². The molecule has 0 bridgehead atoms. The molecule has 21 heavy (non-hydrogen) atoms. The molecule has 1 unspecified atom stereocenters. The average Bonchev–Trinajstić information content (AvgIpc) is 2.49. The number of likely N-dealkylation sites (N-methyl/N-ethyl adjacent to an activating group) is 1. The first-order valence-corrected chi connectivity index (χ1v) is 8.29. The Morgan fingerprint density at radius 3 is 2.43 bits per heavy atom. The molecule has 1 aliphatic heterocycles. The van der Waals surface area contributed by atoms with Crippen molar-refractivity contribution in [2.75, 3.05) is 20.1 Å². The molecule has 1 saturated carbocycles. The van der Waals surface area contributed by atoms with Gasteiger partial charge in [-0.3, -0.25) is 14.5 Å². The molecule has 2 aliphatic rings. The fourth-order valence-corrected chi connectivity index (χ4v) is 3.66. The normalized spacial score (nSPS) is 24.7. The van der Waals surface area contributed by atoms with Gasteiger partial charge in [-0.1, -0.05) is 25.7 Å². The predicted molar refractivity (Wildman–Crippen MR) is 81.1 cm³/mol. The fraction of sp³-hybridized carbons (Fsp3) is 0.875. The van der Waals surface area contributed by atoms with E-state index in [9.17, 15) is 9.59 Å². The van der Waals surface area contributed by atoms with Gasteiger partial charge in [0.25, 0.3) is 0 Å². The number of amides is 1. The second-order valence-corrected chi connectivity index (χ2v) is 6.51. The average molecular weight is 296 g/mol. The Balaban J connectivity index is 1.88. The summed E-state index contributed by atoms with van der Waals surface area (Å²) in [4.78, 5) is 27.4. The molecule has 0 aromatic rings. The van der Waals surface area contributed by atoms with Crippen molar-refractivity contribution in [3.05, 3.63) is 0 Å². The zero-order valence-electron chi connectivity index (χ0n) is 13.1. The number of nitrogens with zero attached hydrogens (tertiary/aromatic N) is 2. The van der Waals surface area contributed by atoms with Crippen LogP contribution in [-0.2, 0) is 9.59 Å². The van der Waals surface area contributed by atoms with Crippen LogP contribution in [0.15, 0.2) is 0 Å². The Hall–Kier alpha value is -1.10. The highest BCUT2D eigenvalue weighted by molar-refractivity contribution is 5.78. The van der Waals surface area contributed by atoms with Crippen molar-refractivity contribution >= 4 is 11.9 Å². The zero-order valence-corrected chi connectivity index (χ0v) is 13.1. The highest BCUT2D eigenvalue weighted by Crippen LogP contribution is 2.23. The van der Waals surface area contributed by atoms with Gasteiger partial charge < -0.3 is 10.0 Å². The van der Waals surface area contributed by atoms with E-state index in [2.05, 4.69) is 4.90 Å². The van der Waals surface area contributed by atoms with Crippen LogP contribution in [0.4, 0.5) is 0 Å². The molecule has 2 fully saturated rings. The summed E-state index contributed by atoms with van der Waals surface area (Å²) in [6.45, 7) is 1.23. The minimum Gasteiger partial charge on any atom is -0.481 e. The number of likely N-dealkylation sites (tertiary alicyclic amines) is 1. The first kappa shape index (κ1) is 16.3. The van der Waals surface area contributed by atoms with E-state index in [1.807, 2.05) is 11.9 Å². The fourth-order valence-electron chi connectivity index (χ4n) is 3.66. The molecule has 5 nitrogen and oxygen atoms in total. The number of hydrogen-bond acceptors (Lipinski definition) is 3. The Kier molecular flexibility index (Phi) is 6.03. The summed E-state index contributed by atoms with van der Waals surface area (Å²) in [7, 11) is 1.91. The summed E-state index contributed by atoms with van der Waals surface area (Å²) in [5.41, 5.74) is 0. The summed E-state index contributed by atoms with van der Waals surface area (Å²) in [5.74, 6) is -0.612. The highest BCUT2D eigenvalue weighted by Gasteiger charge is 2.29. The van der Waals surface area contributed by atoms with Crippen molar-refractivity contribution in [3.63, 3.8) is 0 Å². The van der Waals surface area contributed by atoms with Crippen LogP contribution in [0.3, 0.4) is 0 Å². The van der Waals surface area contributed by atoms with Gasteiger partial charge >= 0.3 is 5.97 Å². The number of rotatable bonds is 5. The van der Waals surface area contributed by atoms with E-state index in [1.165, 1.54) is 19.3 Å². The third-order valence-electron chi connectivity index (χ3n) is 5.01. The third kappa shape index (κ3) is 4.70. The lowest BCUT2D eigenvalue weighted by molar-refractivity contribution is -0.141. The molecule has 120 valence electrons. The van der Waals surface area contributed by atoms with Gasteiger partial charge in [0.1, 0.15) is 0 Å².